The number of aromatic nitrogens is 1. The molecule has 1 aliphatic heterocycles. The molecular formula is C15H20N4O3S. The van der Waals surface area contributed by atoms with Crippen LogP contribution in [0.5, 0.6) is 0 Å². The Balaban J connectivity index is 1.46. The predicted molar refractivity (Wildman–Crippen MR) is 86.2 cm³/mol. The van der Waals surface area contributed by atoms with Crippen LogP contribution in [0, 0.1) is 0 Å². The van der Waals surface area contributed by atoms with Crippen molar-refractivity contribution in [2.75, 3.05) is 25.0 Å². The number of aryl methyl sites for hydroxylation is 2. The van der Waals surface area contributed by atoms with Gasteiger partial charge in [-0.1, -0.05) is 0 Å². The molecule has 3 amide bonds. The molecule has 0 bridgehead atoms. The molecule has 1 saturated heterocycles. The number of hydrogen-bond donors (Lipinski definition) is 2. The van der Waals surface area contributed by atoms with Crippen molar-refractivity contribution in [3.8, 4) is 0 Å². The zero-order valence-electron chi connectivity index (χ0n) is 12.9. The van der Waals surface area contributed by atoms with Gasteiger partial charge in [0.25, 0.3) is 0 Å². The first-order chi connectivity index (χ1) is 11.1. The maximum atomic E-state index is 12.0. The van der Waals surface area contributed by atoms with Gasteiger partial charge in [-0.2, -0.15) is 0 Å². The number of anilines is 1. The molecule has 2 aliphatic rings. The van der Waals surface area contributed by atoms with Gasteiger partial charge in [0.05, 0.1) is 12.2 Å². The Kier molecular flexibility index (Phi) is 4.90. The lowest BCUT2D eigenvalue weighted by molar-refractivity contribution is -0.138. The topological polar surface area (TPSA) is 91.4 Å². The summed E-state index contributed by atoms with van der Waals surface area (Å²) in [7, 11) is 0. The van der Waals surface area contributed by atoms with Crippen LogP contribution in [0.1, 0.15) is 36.3 Å². The molecule has 0 unspecified atom stereocenters. The second kappa shape index (κ2) is 7.08. The van der Waals surface area contributed by atoms with E-state index >= 15 is 0 Å². The number of hydrogen-bond acceptors (Lipinski definition) is 5. The van der Waals surface area contributed by atoms with E-state index in [-0.39, 0.29) is 37.1 Å². The molecule has 8 heteroatoms. The van der Waals surface area contributed by atoms with Crippen LogP contribution in [-0.4, -0.2) is 47.2 Å². The van der Waals surface area contributed by atoms with E-state index in [0.29, 0.717) is 18.2 Å². The number of carbonyl (C=O) groups is 3. The minimum absolute atomic E-state index is 0.0830. The third-order valence-corrected chi connectivity index (χ3v) is 5.12. The Morgan fingerprint density at radius 3 is 2.87 bits per heavy atom. The summed E-state index contributed by atoms with van der Waals surface area (Å²) in [4.78, 5) is 42.5. The summed E-state index contributed by atoms with van der Waals surface area (Å²) in [6, 6.07) is 0. The van der Waals surface area contributed by atoms with Crippen LogP contribution < -0.4 is 10.6 Å². The Morgan fingerprint density at radius 1 is 1.26 bits per heavy atom. The van der Waals surface area contributed by atoms with Crippen molar-refractivity contribution >= 4 is 34.2 Å². The van der Waals surface area contributed by atoms with E-state index in [1.165, 1.54) is 27.5 Å². The molecule has 0 spiro atoms. The molecular weight excluding hydrogens is 316 g/mol. The zero-order valence-corrected chi connectivity index (χ0v) is 13.7. The fourth-order valence-electron chi connectivity index (χ4n) is 2.82. The lowest BCUT2D eigenvalue weighted by Crippen LogP contribution is -2.50. The number of carbonyl (C=O) groups excluding carboxylic acids is 3. The summed E-state index contributed by atoms with van der Waals surface area (Å²) in [5.74, 6) is -0.512. The van der Waals surface area contributed by atoms with Crippen molar-refractivity contribution in [1.29, 1.82) is 0 Å². The van der Waals surface area contributed by atoms with Gasteiger partial charge in [-0.25, -0.2) is 4.98 Å². The van der Waals surface area contributed by atoms with Crippen LogP contribution >= 0.6 is 11.3 Å². The minimum Gasteiger partial charge on any atom is -0.353 e. The average Bonchev–Trinajstić information content (AvgIpc) is 2.94. The number of piperazine rings is 1. The number of fused-ring (bicyclic) bond motifs is 1. The van der Waals surface area contributed by atoms with Crippen LogP contribution in [0.3, 0.4) is 0 Å². The highest BCUT2D eigenvalue weighted by Crippen LogP contribution is 2.29. The third kappa shape index (κ3) is 4.07. The molecule has 1 aromatic rings. The first-order valence-electron chi connectivity index (χ1n) is 7.95. The van der Waals surface area contributed by atoms with Crippen LogP contribution in [0.2, 0.25) is 0 Å². The smallest absolute Gasteiger partial charge is 0.239 e. The highest BCUT2D eigenvalue weighted by atomic mass is 32.1. The number of nitrogens with zero attached hydrogens (tertiary/aromatic N) is 2. The standard InChI is InChI=1S/C15H20N4O3S/c20-12(5-6-14(22)19-8-7-16-13(21)9-19)18-15-17-10-3-1-2-4-11(10)23-15/h1-9H2,(H,16,21)(H,17,18,20). The van der Waals surface area contributed by atoms with E-state index in [0.717, 1.165) is 25.0 Å². The van der Waals surface area contributed by atoms with Crippen molar-refractivity contribution < 1.29 is 14.4 Å². The Morgan fingerprint density at radius 2 is 2.09 bits per heavy atom. The SMILES string of the molecule is O=C1CN(C(=O)CCC(=O)Nc2nc3c(s2)CCCC3)CCN1. The summed E-state index contributed by atoms with van der Waals surface area (Å²) >= 11 is 1.53. The number of nitrogens with one attached hydrogen (secondary N) is 2. The first kappa shape index (κ1) is 15.9. The maximum Gasteiger partial charge on any atom is 0.239 e. The van der Waals surface area contributed by atoms with Gasteiger partial charge in [0.15, 0.2) is 5.13 Å². The second-order valence-corrected chi connectivity index (χ2v) is 6.89. The van der Waals surface area contributed by atoms with Crippen LogP contribution in [-0.2, 0) is 27.2 Å². The van der Waals surface area contributed by atoms with Gasteiger partial charge in [0, 0.05) is 30.8 Å². The first-order valence-corrected chi connectivity index (χ1v) is 8.76. The van der Waals surface area contributed by atoms with E-state index in [9.17, 15) is 14.4 Å². The van der Waals surface area contributed by atoms with Gasteiger partial charge in [-0.15, -0.1) is 11.3 Å². The van der Waals surface area contributed by atoms with E-state index in [1.54, 1.807) is 0 Å². The fraction of sp³-hybridized carbons (Fsp3) is 0.600. The van der Waals surface area contributed by atoms with Crippen molar-refractivity contribution in [3.05, 3.63) is 10.6 Å². The van der Waals surface area contributed by atoms with Gasteiger partial charge < -0.3 is 15.5 Å². The lowest BCUT2D eigenvalue weighted by Gasteiger charge is -2.26. The molecule has 23 heavy (non-hydrogen) atoms. The molecule has 0 atom stereocenters. The molecule has 0 saturated carbocycles. The summed E-state index contributed by atoms with van der Waals surface area (Å²) < 4.78 is 0. The lowest BCUT2D eigenvalue weighted by atomic mass is 10.0. The fourth-order valence-corrected chi connectivity index (χ4v) is 3.88. The summed E-state index contributed by atoms with van der Waals surface area (Å²) in [6.45, 7) is 1.06. The van der Waals surface area contributed by atoms with Gasteiger partial charge in [-0.3, -0.25) is 14.4 Å². The van der Waals surface area contributed by atoms with E-state index in [4.69, 9.17) is 0 Å². The highest BCUT2D eigenvalue weighted by molar-refractivity contribution is 7.15. The van der Waals surface area contributed by atoms with Crippen molar-refractivity contribution in [3.63, 3.8) is 0 Å². The van der Waals surface area contributed by atoms with Crippen molar-refractivity contribution in [1.82, 2.24) is 15.2 Å². The highest BCUT2D eigenvalue weighted by Gasteiger charge is 2.22. The number of thiazole rings is 1. The monoisotopic (exact) mass is 336 g/mol. The molecule has 1 aliphatic carbocycles. The molecule has 124 valence electrons. The van der Waals surface area contributed by atoms with Gasteiger partial charge in [0.2, 0.25) is 17.7 Å². The molecule has 1 aromatic heterocycles. The van der Waals surface area contributed by atoms with Crippen LogP contribution in [0.4, 0.5) is 5.13 Å². The Bertz CT molecular complexity index is 605. The van der Waals surface area contributed by atoms with Gasteiger partial charge >= 0.3 is 0 Å². The van der Waals surface area contributed by atoms with Gasteiger partial charge in [0.1, 0.15) is 0 Å². The zero-order chi connectivity index (χ0) is 16.2. The molecule has 0 radical (unpaired) electrons. The molecule has 2 heterocycles. The quantitative estimate of drug-likeness (QED) is 0.847. The summed E-state index contributed by atoms with van der Waals surface area (Å²) in [6.07, 6.45) is 4.59. The third-order valence-electron chi connectivity index (χ3n) is 4.05. The number of rotatable bonds is 4. The molecule has 0 aromatic carbocycles. The largest absolute Gasteiger partial charge is 0.353 e. The van der Waals surface area contributed by atoms with E-state index < -0.39 is 0 Å². The van der Waals surface area contributed by atoms with Crippen LogP contribution in [0.15, 0.2) is 0 Å². The maximum absolute atomic E-state index is 12.0. The molecule has 7 nitrogen and oxygen atoms in total. The molecule has 3 rings (SSSR count). The normalized spacial score (nSPS) is 17.4. The molecule has 2 N–H and O–H groups in total. The van der Waals surface area contributed by atoms with E-state index in [2.05, 4.69) is 15.6 Å². The van der Waals surface area contributed by atoms with Crippen molar-refractivity contribution in [2.24, 2.45) is 0 Å². The van der Waals surface area contributed by atoms with Crippen molar-refractivity contribution in [2.45, 2.75) is 38.5 Å². The second-order valence-electron chi connectivity index (χ2n) is 5.81. The van der Waals surface area contributed by atoms with Crippen LogP contribution in [0.25, 0.3) is 0 Å². The summed E-state index contributed by atoms with van der Waals surface area (Å²) in [5, 5.41) is 6.08. The molecule has 1 fully saturated rings. The van der Waals surface area contributed by atoms with Gasteiger partial charge in [-0.05, 0) is 25.7 Å². The number of amides is 3. The Labute approximate surface area is 138 Å². The van der Waals surface area contributed by atoms with E-state index in [1.807, 2.05) is 0 Å². The Hall–Kier alpha value is -1.96. The summed E-state index contributed by atoms with van der Waals surface area (Å²) in [5.41, 5.74) is 1.10. The minimum atomic E-state index is -0.203. The average molecular weight is 336 g/mol. The predicted octanol–water partition coefficient (Wildman–Crippen LogP) is 0.699.